The number of hydrogen-bond acceptors (Lipinski definition) is 4. The van der Waals surface area contributed by atoms with Crippen molar-refractivity contribution in [2.24, 2.45) is 5.73 Å². The Morgan fingerprint density at radius 2 is 2.00 bits per heavy atom. The Hall–Kier alpha value is -0.650. The molecule has 0 heterocycles. The second kappa shape index (κ2) is 5.16. The van der Waals surface area contributed by atoms with E-state index in [1.807, 2.05) is 0 Å². The van der Waals surface area contributed by atoms with Crippen LogP contribution in [0.4, 0.5) is 0 Å². The molecular formula is C8H18N2O3. The van der Waals surface area contributed by atoms with Gasteiger partial charge in [-0.15, -0.1) is 0 Å². The summed E-state index contributed by atoms with van der Waals surface area (Å²) in [7, 11) is 0. The number of carbonyl (C=O) groups is 1. The average Bonchev–Trinajstić information content (AvgIpc) is 2.02. The summed E-state index contributed by atoms with van der Waals surface area (Å²) in [5, 5.41) is 20.2. The van der Waals surface area contributed by atoms with Crippen LogP contribution in [0.5, 0.6) is 0 Å². The minimum absolute atomic E-state index is 0.190. The topological polar surface area (TPSA) is 95.6 Å². The highest BCUT2D eigenvalue weighted by atomic mass is 16.3. The fourth-order valence-corrected chi connectivity index (χ4v) is 0.809. The van der Waals surface area contributed by atoms with Crippen LogP contribution in [-0.2, 0) is 4.79 Å². The van der Waals surface area contributed by atoms with E-state index in [2.05, 4.69) is 5.32 Å². The van der Waals surface area contributed by atoms with Gasteiger partial charge in [-0.05, 0) is 13.8 Å². The molecule has 0 bridgehead atoms. The fourth-order valence-electron chi connectivity index (χ4n) is 0.809. The maximum atomic E-state index is 11.2. The summed E-state index contributed by atoms with van der Waals surface area (Å²) in [5.74, 6) is -0.263. The van der Waals surface area contributed by atoms with E-state index in [9.17, 15) is 4.79 Å². The minimum atomic E-state index is -0.952. The lowest BCUT2D eigenvalue weighted by atomic mass is 10.0. The molecule has 0 aromatic carbocycles. The van der Waals surface area contributed by atoms with Gasteiger partial charge in [-0.2, -0.15) is 0 Å². The van der Waals surface area contributed by atoms with E-state index in [1.165, 1.54) is 0 Å². The van der Waals surface area contributed by atoms with Crippen LogP contribution >= 0.6 is 0 Å². The minimum Gasteiger partial charge on any atom is -0.394 e. The van der Waals surface area contributed by atoms with E-state index in [4.69, 9.17) is 15.9 Å². The highest BCUT2D eigenvalue weighted by Crippen LogP contribution is 2.01. The van der Waals surface area contributed by atoms with Gasteiger partial charge in [0.05, 0.1) is 18.8 Å². The predicted octanol–water partition coefficient (Wildman–Crippen LogP) is -1.42. The van der Waals surface area contributed by atoms with E-state index in [0.29, 0.717) is 0 Å². The molecule has 0 rings (SSSR count). The second-order valence-electron chi connectivity index (χ2n) is 3.61. The van der Waals surface area contributed by atoms with Crippen molar-refractivity contribution in [1.29, 1.82) is 0 Å². The molecule has 0 radical (unpaired) electrons. The number of amides is 1. The predicted molar refractivity (Wildman–Crippen MR) is 49.0 cm³/mol. The van der Waals surface area contributed by atoms with Crippen LogP contribution in [0.2, 0.25) is 0 Å². The number of nitrogens with two attached hydrogens (primary N) is 1. The first-order valence-corrected chi connectivity index (χ1v) is 4.22. The maximum Gasteiger partial charge on any atom is 0.222 e. The number of nitrogens with one attached hydrogen (secondary N) is 1. The SMILES string of the molecule is CC(N)CC(=O)NC(C)(CO)CO. The van der Waals surface area contributed by atoms with Gasteiger partial charge in [-0.25, -0.2) is 0 Å². The Labute approximate surface area is 77.9 Å². The van der Waals surface area contributed by atoms with Crippen molar-refractivity contribution in [2.45, 2.75) is 31.8 Å². The summed E-state index contributed by atoms with van der Waals surface area (Å²) >= 11 is 0. The molecule has 78 valence electrons. The summed E-state index contributed by atoms with van der Waals surface area (Å²) in [6.45, 7) is 2.68. The van der Waals surface area contributed by atoms with Crippen molar-refractivity contribution >= 4 is 5.91 Å². The Morgan fingerprint density at radius 3 is 2.31 bits per heavy atom. The first-order valence-electron chi connectivity index (χ1n) is 4.22. The van der Waals surface area contributed by atoms with Crippen molar-refractivity contribution in [3.05, 3.63) is 0 Å². The van der Waals surface area contributed by atoms with Gasteiger partial charge in [0.15, 0.2) is 0 Å². The van der Waals surface area contributed by atoms with E-state index < -0.39 is 5.54 Å². The molecule has 5 heteroatoms. The normalized spacial score (nSPS) is 13.9. The lowest BCUT2D eigenvalue weighted by molar-refractivity contribution is -0.124. The highest BCUT2D eigenvalue weighted by Gasteiger charge is 2.24. The van der Waals surface area contributed by atoms with Gasteiger partial charge in [0, 0.05) is 12.5 Å². The van der Waals surface area contributed by atoms with Crippen LogP contribution in [0, 0.1) is 0 Å². The van der Waals surface area contributed by atoms with Gasteiger partial charge in [0.25, 0.3) is 0 Å². The molecule has 0 saturated heterocycles. The molecule has 0 saturated carbocycles. The maximum absolute atomic E-state index is 11.2. The summed E-state index contributed by atoms with van der Waals surface area (Å²) in [5.41, 5.74) is 4.46. The van der Waals surface area contributed by atoms with Crippen molar-refractivity contribution < 1.29 is 15.0 Å². The molecular weight excluding hydrogens is 172 g/mol. The Bertz CT molecular complexity index is 167. The third kappa shape index (κ3) is 4.82. The van der Waals surface area contributed by atoms with Crippen molar-refractivity contribution in [3.8, 4) is 0 Å². The van der Waals surface area contributed by atoms with E-state index in [-0.39, 0.29) is 31.6 Å². The molecule has 1 atom stereocenters. The zero-order valence-electron chi connectivity index (χ0n) is 8.08. The molecule has 0 aromatic heterocycles. The van der Waals surface area contributed by atoms with Crippen LogP contribution in [-0.4, -0.2) is 40.9 Å². The molecule has 0 aliphatic carbocycles. The Balaban J connectivity index is 4.02. The first-order chi connectivity index (χ1) is 5.93. The van der Waals surface area contributed by atoms with Crippen LogP contribution in [0.25, 0.3) is 0 Å². The van der Waals surface area contributed by atoms with Gasteiger partial charge in [0.1, 0.15) is 0 Å². The van der Waals surface area contributed by atoms with E-state index in [1.54, 1.807) is 13.8 Å². The number of carbonyl (C=O) groups excluding carboxylic acids is 1. The summed E-state index contributed by atoms with van der Waals surface area (Å²) in [4.78, 5) is 11.2. The second-order valence-corrected chi connectivity index (χ2v) is 3.61. The lowest BCUT2D eigenvalue weighted by Crippen LogP contribution is -2.52. The highest BCUT2D eigenvalue weighted by molar-refractivity contribution is 5.77. The lowest BCUT2D eigenvalue weighted by Gasteiger charge is -2.26. The smallest absolute Gasteiger partial charge is 0.222 e. The molecule has 13 heavy (non-hydrogen) atoms. The molecule has 1 unspecified atom stereocenters. The van der Waals surface area contributed by atoms with Crippen molar-refractivity contribution in [2.75, 3.05) is 13.2 Å². The Kier molecular flexibility index (Phi) is 4.90. The molecule has 0 aliphatic rings. The standard InChI is InChI=1S/C8H18N2O3/c1-6(9)3-7(13)10-8(2,4-11)5-12/h6,11-12H,3-5,9H2,1-2H3,(H,10,13). The number of aliphatic hydroxyl groups is 2. The van der Waals surface area contributed by atoms with Crippen LogP contribution < -0.4 is 11.1 Å². The monoisotopic (exact) mass is 190 g/mol. The largest absolute Gasteiger partial charge is 0.394 e. The van der Waals surface area contributed by atoms with Crippen LogP contribution in [0.1, 0.15) is 20.3 Å². The molecule has 0 aromatic rings. The van der Waals surface area contributed by atoms with Crippen LogP contribution in [0.15, 0.2) is 0 Å². The number of hydrogen-bond donors (Lipinski definition) is 4. The molecule has 0 spiro atoms. The van der Waals surface area contributed by atoms with Crippen LogP contribution in [0.3, 0.4) is 0 Å². The number of rotatable bonds is 5. The third-order valence-corrected chi connectivity index (χ3v) is 1.65. The quantitative estimate of drug-likeness (QED) is 0.428. The zero-order chi connectivity index (χ0) is 10.5. The van der Waals surface area contributed by atoms with Crippen molar-refractivity contribution in [1.82, 2.24) is 5.32 Å². The van der Waals surface area contributed by atoms with Gasteiger partial charge in [-0.3, -0.25) is 4.79 Å². The Morgan fingerprint density at radius 1 is 1.54 bits per heavy atom. The molecule has 1 amide bonds. The van der Waals surface area contributed by atoms with Gasteiger partial charge in [-0.1, -0.05) is 0 Å². The van der Waals surface area contributed by atoms with E-state index >= 15 is 0 Å². The number of aliphatic hydroxyl groups excluding tert-OH is 2. The molecule has 5 N–H and O–H groups in total. The zero-order valence-corrected chi connectivity index (χ0v) is 8.08. The average molecular weight is 190 g/mol. The van der Waals surface area contributed by atoms with Gasteiger partial charge in [0.2, 0.25) is 5.91 Å². The molecule has 0 aliphatic heterocycles. The molecule has 5 nitrogen and oxygen atoms in total. The molecule has 0 fully saturated rings. The fraction of sp³-hybridized carbons (Fsp3) is 0.875. The van der Waals surface area contributed by atoms with Crippen molar-refractivity contribution in [3.63, 3.8) is 0 Å². The van der Waals surface area contributed by atoms with Gasteiger partial charge >= 0.3 is 0 Å². The summed E-state index contributed by atoms with van der Waals surface area (Å²) in [6, 6.07) is -0.221. The first kappa shape index (κ1) is 12.3. The summed E-state index contributed by atoms with van der Waals surface area (Å²) < 4.78 is 0. The van der Waals surface area contributed by atoms with Gasteiger partial charge < -0.3 is 21.3 Å². The third-order valence-electron chi connectivity index (χ3n) is 1.65. The van der Waals surface area contributed by atoms with E-state index in [0.717, 1.165) is 0 Å². The summed E-state index contributed by atoms with van der Waals surface area (Å²) in [6.07, 6.45) is 0.190.